The van der Waals surface area contributed by atoms with E-state index < -0.39 is 0 Å². The van der Waals surface area contributed by atoms with Crippen LogP contribution in [0.4, 0.5) is 0 Å². The van der Waals surface area contributed by atoms with Crippen molar-refractivity contribution in [3.8, 4) is 16.9 Å². The number of hydrogen-bond donors (Lipinski definition) is 1. The summed E-state index contributed by atoms with van der Waals surface area (Å²) in [7, 11) is 0. The first-order valence-electron chi connectivity index (χ1n) is 9.90. The molecule has 4 aromatic rings. The number of carbonyl (C=O) groups is 1. The minimum atomic E-state index is -0.155. The van der Waals surface area contributed by atoms with Gasteiger partial charge in [0.05, 0.1) is 11.3 Å². The molecule has 1 amide bonds. The molecule has 0 aliphatic carbocycles. The van der Waals surface area contributed by atoms with E-state index in [0.29, 0.717) is 42.4 Å². The van der Waals surface area contributed by atoms with Crippen molar-refractivity contribution in [3.05, 3.63) is 83.6 Å². The number of nitrogens with one attached hydrogen (secondary N) is 1. The summed E-state index contributed by atoms with van der Waals surface area (Å²) < 4.78 is 6.86. The quantitative estimate of drug-likeness (QED) is 0.475. The minimum Gasteiger partial charge on any atom is -0.352 e. The molecule has 1 N–H and O–H groups in total. The van der Waals surface area contributed by atoms with Crippen LogP contribution in [0.15, 0.2) is 65.3 Å². The molecular weight excluding hydrogens is 378 g/mol. The predicted octanol–water partition coefficient (Wildman–Crippen LogP) is 3.90. The van der Waals surface area contributed by atoms with Gasteiger partial charge in [0.15, 0.2) is 5.82 Å². The number of carbonyl (C=O) groups excluding carboxylic acids is 1. The highest BCUT2D eigenvalue weighted by Gasteiger charge is 2.19. The lowest BCUT2D eigenvalue weighted by molar-refractivity contribution is 0.0953. The Morgan fingerprint density at radius 2 is 1.83 bits per heavy atom. The van der Waals surface area contributed by atoms with Crippen LogP contribution >= 0.6 is 0 Å². The normalized spacial score (nSPS) is 10.9. The van der Waals surface area contributed by atoms with Gasteiger partial charge in [0.1, 0.15) is 5.69 Å². The molecule has 2 heterocycles. The first kappa shape index (κ1) is 19.6. The molecule has 0 bridgehead atoms. The molecule has 4 rings (SSSR count). The third kappa shape index (κ3) is 4.30. The zero-order chi connectivity index (χ0) is 20.9. The number of hydrogen-bond acceptors (Lipinski definition) is 5. The van der Waals surface area contributed by atoms with Crippen molar-refractivity contribution in [2.24, 2.45) is 0 Å². The summed E-state index contributed by atoms with van der Waals surface area (Å²) in [5.41, 5.74) is 4.12. The van der Waals surface area contributed by atoms with Gasteiger partial charge in [0, 0.05) is 24.7 Å². The number of aromatic nitrogens is 4. The molecule has 0 saturated heterocycles. The Labute approximate surface area is 174 Å². The third-order valence-corrected chi connectivity index (χ3v) is 4.80. The molecule has 0 aliphatic rings. The molecule has 30 heavy (non-hydrogen) atoms. The van der Waals surface area contributed by atoms with Crippen molar-refractivity contribution in [3.63, 3.8) is 0 Å². The van der Waals surface area contributed by atoms with E-state index in [0.717, 1.165) is 16.8 Å². The molecule has 0 saturated carbocycles. The zero-order valence-electron chi connectivity index (χ0n) is 17.0. The van der Waals surface area contributed by atoms with Gasteiger partial charge < -0.3 is 9.84 Å². The Bertz CT molecular complexity index is 1150. The van der Waals surface area contributed by atoms with Crippen molar-refractivity contribution in [2.45, 2.75) is 26.7 Å². The SMILES string of the molecule is Cc1noc(CCCNC(=O)c2cn(-c3ccccc3)nc2-c2ccccc2C)n1. The summed E-state index contributed by atoms with van der Waals surface area (Å²) in [5.74, 6) is 1.04. The fourth-order valence-electron chi connectivity index (χ4n) is 3.27. The van der Waals surface area contributed by atoms with Crippen LogP contribution in [0.5, 0.6) is 0 Å². The number of para-hydroxylation sites is 1. The number of nitrogens with zero attached hydrogens (tertiary/aromatic N) is 4. The molecule has 7 nitrogen and oxygen atoms in total. The van der Waals surface area contributed by atoms with Crippen LogP contribution < -0.4 is 5.32 Å². The van der Waals surface area contributed by atoms with Crippen molar-refractivity contribution < 1.29 is 9.32 Å². The molecule has 0 atom stereocenters. The zero-order valence-corrected chi connectivity index (χ0v) is 17.0. The molecule has 152 valence electrons. The summed E-state index contributed by atoms with van der Waals surface area (Å²) in [4.78, 5) is 17.2. The van der Waals surface area contributed by atoms with Crippen LogP contribution in [-0.4, -0.2) is 32.4 Å². The molecule has 0 spiro atoms. The number of rotatable bonds is 7. The fraction of sp³-hybridized carbons (Fsp3) is 0.217. The minimum absolute atomic E-state index is 0.155. The average molecular weight is 401 g/mol. The van der Waals surface area contributed by atoms with Crippen LogP contribution in [0.1, 0.15) is 34.1 Å². The lowest BCUT2D eigenvalue weighted by Crippen LogP contribution is -2.25. The van der Waals surface area contributed by atoms with Gasteiger partial charge in [-0.25, -0.2) is 4.68 Å². The van der Waals surface area contributed by atoms with E-state index in [4.69, 9.17) is 9.62 Å². The van der Waals surface area contributed by atoms with Gasteiger partial charge in [-0.1, -0.05) is 47.6 Å². The summed E-state index contributed by atoms with van der Waals surface area (Å²) in [5, 5.41) is 11.5. The van der Waals surface area contributed by atoms with Gasteiger partial charge in [0.25, 0.3) is 5.91 Å². The van der Waals surface area contributed by atoms with E-state index in [1.807, 2.05) is 61.5 Å². The average Bonchev–Trinajstić information content (AvgIpc) is 3.39. The number of benzene rings is 2. The van der Waals surface area contributed by atoms with Crippen molar-refractivity contribution in [2.75, 3.05) is 6.54 Å². The topological polar surface area (TPSA) is 85.8 Å². The van der Waals surface area contributed by atoms with E-state index >= 15 is 0 Å². The maximum absolute atomic E-state index is 13.0. The maximum Gasteiger partial charge on any atom is 0.255 e. The predicted molar refractivity (Wildman–Crippen MR) is 113 cm³/mol. The molecular formula is C23H23N5O2. The lowest BCUT2D eigenvalue weighted by atomic mass is 10.0. The second kappa shape index (κ2) is 8.73. The van der Waals surface area contributed by atoms with Crippen molar-refractivity contribution in [1.82, 2.24) is 25.2 Å². The van der Waals surface area contributed by atoms with Gasteiger partial charge in [-0.05, 0) is 38.0 Å². The second-order valence-electron chi connectivity index (χ2n) is 7.08. The smallest absolute Gasteiger partial charge is 0.255 e. The molecule has 0 unspecified atom stereocenters. The van der Waals surface area contributed by atoms with Crippen LogP contribution in [-0.2, 0) is 6.42 Å². The second-order valence-corrected chi connectivity index (χ2v) is 7.08. The molecule has 2 aromatic carbocycles. The molecule has 0 radical (unpaired) electrons. The van der Waals surface area contributed by atoms with Crippen LogP contribution in [0.25, 0.3) is 16.9 Å². The molecule has 2 aromatic heterocycles. The van der Waals surface area contributed by atoms with Gasteiger partial charge in [-0.15, -0.1) is 0 Å². The van der Waals surface area contributed by atoms with Crippen LogP contribution in [0.2, 0.25) is 0 Å². The molecule has 7 heteroatoms. The summed E-state index contributed by atoms with van der Waals surface area (Å²) in [6, 6.07) is 17.7. The summed E-state index contributed by atoms with van der Waals surface area (Å²) in [6.07, 6.45) is 3.11. The van der Waals surface area contributed by atoms with E-state index in [-0.39, 0.29) is 5.91 Å². The standard InChI is InChI=1S/C23H23N5O2/c1-16-9-6-7-12-19(16)22-20(15-28(26-22)18-10-4-3-5-11-18)23(29)24-14-8-13-21-25-17(2)27-30-21/h3-7,9-12,15H,8,13-14H2,1-2H3,(H,24,29). The fourth-order valence-corrected chi connectivity index (χ4v) is 3.27. The van der Waals surface area contributed by atoms with Gasteiger partial charge in [-0.3, -0.25) is 4.79 Å². The van der Waals surface area contributed by atoms with Gasteiger partial charge in [0.2, 0.25) is 5.89 Å². The molecule has 0 fully saturated rings. The lowest BCUT2D eigenvalue weighted by Gasteiger charge is -2.06. The highest BCUT2D eigenvalue weighted by Crippen LogP contribution is 2.26. The maximum atomic E-state index is 13.0. The van der Waals surface area contributed by atoms with E-state index in [1.54, 1.807) is 17.8 Å². The summed E-state index contributed by atoms with van der Waals surface area (Å²) in [6.45, 7) is 4.31. The van der Waals surface area contributed by atoms with E-state index in [2.05, 4.69) is 15.5 Å². The number of aryl methyl sites for hydroxylation is 3. The third-order valence-electron chi connectivity index (χ3n) is 4.80. The Hall–Kier alpha value is -3.74. The van der Waals surface area contributed by atoms with E-state index in [1.165, 1.54) is 0 Å². The van der Waals surface area contributed by atoms with Crippen molar-refractivity contribution >= 4 is 5.91 Å². The van der Waals surface area contributed by atoms with Crippen LogP contribution in [0, 0.1) is 13.8 Å². The largest absolute Gasteiger partial charge is 0.352 e. The first-order valence-corrected chi connectivity index (χ1v) is 9.90. The number of amides is 1. The Kier molecular flexibility index (Phi) is 5.70. The Morgan fingerprint density at radius 3 is 2.57 bits per heavy atom. The molecule has 0 aliphatic heterocycles. The van der Waals surface area contributed by atoms with Crippen LogP contribution in [0.3, 0.4) is 0 Å². The Morgan fingerprint density at radius 1 is 1.07 bits per heavy atom. The van der Waals surface area contributed by atoms with E-state index in [9.17, 15) is 4.79 Å². The van der Waals surface area contributed by atoms with Gasteiger partial charge >= 0.3 is 0 Å². The van der Waals surface area contributed by atoms with Gasteiger partial charge in [-0.2, -0.15) is 10.1 Å². The first-order chi connectivity index (χ1) is 14.6. The Balaban J connectivity index is 1.55. The summed E-state index contributed by atoms with van der Waals surface area (Å²) >= 11 is 0. The monoisotopic (exact) mass is 401 g/mol. The highest BCUT2D eigenvalue weighted by atomic mass is 16.5. The highest BCUT2D eigenvalue weighted by molar-refractivity contribution is 6.00. The van der Waals surface area contributed by atoms with Crippen molar-refractivity contribution in [1.29, 1.82) is 0 Å².